The maximum Gasteiger partial charge on any atom is 0.233 e. The Morgan fingerprint density at radius 1 is 0.931 bits per heavy atom. The molecule has 5 heteroatoms. The van der Waals surface area contributed by atoms with E-state index in [2.05, 4.69) is 33.0 Å². The average Bonchev–Trinajstić information content (AvgIpc) is 2.68. The molecule has 0 aliphatic rings. The van der Waals surface area contributed by atoms with Crippen molar-refractivity contribution in [3.05, 3.63) is 65.2 Å². The largest absolute Gasteiger partial charge is 0.395 e. The Bertz CT molecular complexity index is 790. The molecule has 0 aromatic heterocycles. The molecule has 5 nitrogen and oxygen atoms in total. The van der Waals surface area contributed by atoms with E-state index in [9.17, 15) is 14.7 Å². The predicted molar refractivity (Wildman–Crippen MR) is 117 cm³/mol. The quantitative estimate of drug-likeness (QED) is 0.622. The first-order chi connectivity index (χ1) is 13.8. The summed E-state index contributed by atoms with van der Waals surface area (Å²) in [4.78, 5) is 27.0. The molecule has 2 rings (SSSR count). The molecule has 0 aliphatic carbocycles. The van der Waals surface area contributed by atoms with Gasteiger partial charge in [-0.1, -0.05) is 76.2 Å². The van der Waals surface area contributed by atoms with Crippen LogP contribution in [0.2, 0.25) is 0 Å². The maximum atomic E-state index is 12.7. The third-order valence-corrected chi connectivity index (χ3v) is 4.89. The number of amides is 2. The summed E-state index contributed by atoms with van der Waals surface area (Å²) < 4.78 is 0. The van der Waals surface area contributed by atoms with E-state index < -0.39 is 0 Å². The van der Waals surface area contributed by atoms with Gasteiger partial charge in [0, 0.05) is 18.8 Å². The van der Waals surface area contributed by atoms with Gasteiger partial charge in [0.1, 0.15) is 6.42 Å². The van der Waals surface area contributed by atoms with Crippen molar-refractivity contribution < 1.29 is 14.7 Å². The van der Waals surface area contributed by atoms with Crippen LogP contribution in [0, 0.1) is 0 Å². The van der Waals surface area contributed by atoms with Gasteiger partial charge in [-0.15, -0.1) is 0 Å². The topological polar surface area (TPSA) is 69.6 Å². The molecule has 2 amide bonds. The molecule has 2 aromatic carbocycles. The molecule has 0 radical (unpaired) electrons. The van der Waals surface area contributed by atoms with E-state index in [4.69, 9.17) is 0 Å². The van der Waals surface area contributed by atoms with Crippen molar-refractivity contribution in [3.8, 4) is 0 Å². The third kappa shape index (κ3) is 6.43. The Hall–Kier alpha value is -2.66. The SMILES string of the molecule is CC(C)c1cccc(C(C)C)c1NC(=O)CC(=O)N(CCO)Cc1ccccc1. The van der Waals surface area contributed by atoms with Crippen LogP contribution in [0.5, 0.6) is 0 Å². The molecule has 0 bridgehead atoms. The minimum Gasteiger partial charge on any atom is -0.395 e. The number of aliphatic hydroxyl groups excluding tert-OH is 1. The summed E-state index contributed by atoms with van der Waals surface area (Å²) in [6.45, 7) is 8.76. The number of hydrogen-bond donors (Lipinski definition) is 2. The predicted octanol–water partition coefficient (Wildman–Crippen LogP) is 4.28. The van der Waals surface area contributed by atoms with Crippen molar-refractivity contribution >= 4 is 17.5 Å². The van der Waals surface area contributed by atoms with E-state index in [0.29, 0.717) is 6.54 Å². The van der Waals surface area contributed by atoms with E-state index in [-0.39, 0.29) is 43.2 Å². The first-order valence-corrected chi connectivity index (χ1v) is 10.2. The van der Waals surface area contributed by atoms with Gasteiger partial charge in [0.2, 0.25) is 11.8 Å². The normalized spacial score (nSPS) is 11.0. The summed E-state index contributed by atoms with van der Waals surface area (Å²) in [6.07, 6.45) is -0.253. The molecule has 0 unspecified atom stereocenters. The first kappa shape index (κ1) is 22.6. The van der Waals surface area contributed by atoms with Crippen LogP contribution >= 0.6 is 0 Å². The summed E-state index contributed by atoms with van der Waals surface area (Å²) >= 11 is 0. The zero-order valence-electron chi connectivity index (χ0n) is 17.8. The van der Waals surface area contributed by atoms with Crippen molar-refractivity contribution in [3.63, 3.8) is 0 Å². The number of carbonyl (C=O) groups excluding carboxylic acids is 2. The van der Waals surface area contributed by atoms with Gasteiger partial charge in [-0.3, -0.25) is 9.59 Å². The second-order valence-corrected chi connectivity index (χ2v) is 7.87. The molecule has 0 fully saturated rings. The van der Waals surface area contributed by atoms with Crippen LogP contribution in [0.1, 0.15) is 62.6 Å². The van der Waals surface area contributed by atoms with Gasteiger partial charge in [-0.2, -0.15) is 0 Å². The highest BCUT2D eigenvalue weighted by Gasteiger charge is 2.20. The first-order valence-electron chi connectivity index (χ1n) is 10.2. The van der Waals surface area contributed by atoms with E-state index in [1.54, 1.807) is 0 Å². The molecule has 0 aliphatic heterocycles. The van der Waals surface area contributed by atoms with E-state index in [0.717, 1.165) is 22.4 Å². The van der Waals surface area contributed by atoms with Gasteiger partial charge < -0.3 is 15.3 Å². The number of para-hydroxylation sites is 1. The molecule has 2 aromatic rings. The highest BCUT2D eigenvalue weighted by molar-refractivity contribution is 6.04. The van der Waals surface area contributed by atoms with Gasteiger partial charge in [-0.25, -0.2) is 0 Å². The second kappa shape index (κ2) is 10.8. The molecule has 0 saturated carbocycles. The molecule has 29 heavy (non-hydrogen) atoms. The Balaban J connectivity index is 2.14. The number of anilines is 1. The van der Waals surface area contributed by atoms with Crippen molar-refractivity contribution in [2.24, 2.45) is 0 Å². The number of nitrogens with zero attached hydrogens (tertiary/aromatic N) is 1. The minimum absolute atomic E-state index is 0.145. The lowest BCUT2D eigenvalue weighted by Crippen LogP contribution is -2.35. The van der Waals surface area contributed by atoms with Gasteiger partial charge >= 0.3 is 0 Å². The van der Waals surface area contributed by atoms with Crippen LogP contribution in [-0.4, -0.2) is 35.0 Å². The van der Waals surface area contributed by atoms with Crippen LogP contribution in [0.25, 0.3) is 0 Å². The lowest BCUT2D eigenvalue weighted by molar-refractivity contribution is -0.135. The smallest absolute Gasteiger partial charge is 0.233 e. The monoisotopic (exact) mass is 396 g/mol. The average molecular weight is 397 g/mol. The molecule has 156 valence electrons. The van der Waals surface area contributed by atoms with Crippen LogP contribution < -0.4 is 5.32 Å². The summed E-state index contributed by atoms with van der Waals surface area (Å²) in [5.41, 5.74) is 3.90. The number of benzene rings is 2. The fourth-order valence-electron chi connectivity index (χ4n) is 3.34. The number of nitrogens with one attached hydrogen (secondary N) is 1. The number of aliphatic hydroxyl groups is 1. The van der Waals surface area contributed by atoms with Gasteiger partial charge in [0.15, 0.2) is 0 Å². The van der Waals surface area contributed by atoms with Crippen LogP contribution in [0.4, 0.5) is 5.69 Å². The third-order valence-electron chi connectivity index (χ3n) is 4.89. The van der Waals surface area contributed by atoms with Gasteiger partial charge in [0.05, 0.1) is 6.61 Å². The minimum atomic E-state index is -0.332. The number of carbonyl (C=O) groups is 2. The lowest BCUT2D eigenvalue weighted by atomic mass is 9.92. The lowest BCUT2D eigenvalue weighted by Gasteiger charge is -2.23. The van der Waals surface area contributed by atoms with Crippen molar-refractivity contribution in [2.75, 3.05) is 18.5 Å². The van der Waals surface area contributed by atoms with E-state index in [1.165, 1.54) is 4.90 Å². The Morgan fingerprint density at radius 3 is 2.03 bits per heavy atom. The number of hydrogen-bond acceptors (Lipinski definition) is 3. The number of rotatable bonds is 9. The van der Waals surface area contributed by atoms with Crippen molar-refractivity contribution in [2.45, 2.75) is 52.5 Å². The summed E-state index contributed by atoms with van der Waals surface area (Å²) in [6, 6.07) is 15.6. The van der Waals surface area contributed by atoms with Gasteiger partial charge in [0.25, 0.3) is 0 Å². The van der Waals surface area contributed by atoms with Crippen molar-refractivity contribution in [1.29, 1.82) is 0 Å². The summed E-state index contributed by atoms with van der Waals surface area (Å²) in [7, 11) is 0. The Kier molecular flexibility index (Phi) is 8.40. The highest BCUT2D eigenvalue weighted by atomic mass is 16.3. The maximum absolute atomic E-state index is 12.7. The summed E-state index contributed by atoms with van der Waals surface area (Å²) in [5.74, 6) is -0.123. The van der Waals surface area contributed by atoms with Gasteiger partial charge in [-0.05, 0) is 28.5 Å². The molecule has 0 heterocycles. The van der Waals surface area contributed by atoms with Crippen LogP contribution in [0.15, 0.2) is 48.5 Å². The fourth-order valence-corrected chi connectivity index (χ4v) is 3.34. The second-order valence-electron chi connectivity index (χ2n) is 7.87. The molecule has 0 saturated heterocycles. The summed E-state index contributed by atoms with van der Waals surface area (Å²) in [5, 5.41) is 12.3. The highest BCUT2D eigenvalue weighted by Crippen LogP contribution is 2.32. The van der Waals surface area contributed by atoms with Crippen molar-refractivity contribution in [1.82, 2.24) is 4.90 Å². The standard InChI is InChI=1S/C24H32N2O3/c1-17(2)20-11-8-12-21(18(3)4)24(20)25-22(28)15-23(29)26(13-14-27)16-19-9-6-5-7-10-19/h5-12,17-18,27H,13-16H2,1-4H3,(H,25,28). The Morgan fingerprint density at radius 2 is 1.52 bits per heavy atom. The molecular weight excluding hydrogens is 364 g/mol. The fraction of sp³-hybridized carbons (Fsp3) is 0.417. The zero-order chi connectivity index (χ0) is 21.4. The molecule has 0 spiro atoms. The van der Waals surface area contributed by atoms with E-state index in [1.807, 2.05) is 48.5 Å². The zero-order valence-corrected chi connectivity index (χ0v) is 17.8. The molecule has 0 atom stereocenters. The van der Waals surface area contributed by atoms with Crippen LogP contribution in [-0.2, 0) is 16.1 Å². The van der Waals surface area contributed by atoms with E-state index >= 15 is 0 Å². The molecule has 2 N–H and O–H groups in total. The Labute approximate surface area is 173 Å². The van der Waals surface area contributed by atoms with Crippen LogP contribution in [0.3, 0.4) is 0 Å². The molecular formula is C24H32N2O3.